The van der Waals surface area contributed by atoms with Gasteiger partial charge in [-0.1, -0.05) is 23.7 Å². The second kappa shape index (κ2) is 3.74. The van der Waals surface area contributed by atoms with Gasteiger partial charge in [-0.3, -0.25) is 15.0 Å². The van der Waals surface area contributed by atoms with Crippen LogP contribution in [0.4, 0.5) is 0 Å². The van der Waals surface area contributed by atoms with Crippen LogP contribution in [0.25, 0.3) is 0 Å². The van der Waals surface area contributed by atoms with Crippen LogP contribution in [0.15, 0.2) is 24.3 Å². The lowest BCUT2D eigenvalue weighted by Gasteiger charge is -2.26. The number of carbonyl (C=O) groups is 2. The Kier molecular flexibility index (Phi) is 2.33. The second-order valence-corrected chi connectivity index (χ2v) is 4.92. The molecule has 0 spiro atoms. The molecule has 0 bridgehead atoms. The smallest absolute Gasteiger partial charge is 0.245 e. The molecule has 1 saturated carbocycles. The van der Waals surface area contributed by atoms with Crippen LogP contribution in [0, 0.1) is 11.8 Å². The van der Waals surface area contributed by atoms with Crippen molar-refractivity contribution in [3.05, 3.63) is 34.9 Å². The maximum atomic E-state index is 11.9. The van der Waals surface area contributed by atoms with E-state index < -0.39 is 0 Å². The Morgan fingerprint density at radius 1 is 1.35 bits per heavy atom. The van der Waals surface area contributed by atoms with Gasteiger partial charge in [0.05, 0.1) is 18.4 Å². The molecule has 1 N–H and O–H groups in total. The van der Waals surface area contributed by atoms with Gasteiger partial charge in [0.25, 0.3) is 0 Å². The summed E-state index contributed by atoms with van der Waals surface area (Å²) >= 11 is 5.87. The molecule has 2 fully saturated rings. The van der Waals surface area contributed by atoms with Gasteiger partial charge in [0.1, 0.15) is 0 Å². The topological polar surface area (TPSA) is 49.4 Å². The molecule has 2 amide bonds. The molecule has 0 radical (unpaired) electrons. The second-order valence-electron chi connectivity index (χ2n) is 4.48. The van der Waals surface area contributed by atoms with E-state index in [2.05, 4.69) is 5.43 Å². The van der Waals surface area contributed by atoms with Gasteiger partial charge in [-0.05, 0) is 24.1 Å². The van der Waals surface area contributed by atoms with E-state index in [0.29, 0.717) is 18.0 Å². The van der Waals surface area contributed by atoms with Gasteiger partial charge in [0.2, 0.25) is 11.8 Å². The molecule has 4 nitrogen and oxygen atoms in total. The van der Waals surface area contributed by atoms with Crippen LogP contribution >= 0.6 is 11.6 Å². The van der Waals surface area contributed by atoms with Gasteiger partial charge in [-0.2, -0.15) is 0 Å². The summed E-state index contributed by atoms with van der Waals surface area (Å²) in [5.74, 6) is -0.216. The predicted molar refractivity (Wildman–Crippen MR) is 61.7 cm³/mol. The molecule has 1 aromatic rings. The highest BCUT2D eigenvalue weighted by Gasteiger charge is 2.53. The van der Waals surface area contributed by atoms with E-state index in [4.69, 9.17) is 11.6 Å². The first kappa shape index (κ1) is 10.6. The molecule has 1 aromatic carbocycles. The van der Waals surface area contributed by atoms with E-state index in [1.807, 2.05) is 12.1 Å². The molecule has 1 saturated heterocycles. The van der Waals surface area contributed by atoms with Crippen LogP contribution in [-0.4, -0.2) is 16.8 Å². The number of hydrazine groups is 1. The summed E-state index contributed by atoms with van der Waals surface area (Å²) in [4.78, 5) is 23.4. The van der Waals surface area contributed by atoms with Gasteiger partial charge in [-0.25, -0.2) is 5.01 Å². The SMILES string of the molecule is O=C1NN(Cc2cccc(Cl)c2)C(=O)C2CC12. The summed E-state index contributed by atoms with van der Waals surface area (Å²) in [6, 6.07) is 7.27. The van der Waals surface area contributed by atoms with Crippen molar-refractivity contribution < 1.29 is 9.59 Å². The number of halogens is 1. The quantitative estimate of drug-likeness (QED) is 0.861. The molecule has 2 atom stereocenters. The Labute approximate surface area is 104 Å². The third-order valence-electron chi connectivity index (χ3n) is 3.19. The van der Waals surface area contributed by atoms with E-state index >= 15 is 0 Å². The molecular weight excluding hydrogens is 240 g/mol. The Hall–Kier alpha value is -1.55. The standard InChI is InChI=1S/C12H11ClN2O2/c13-8-3-1-2-7(4-8)6-15-12(17)10-5-9(10)11(16)14-15/h1-4,9-10H,5-6H2,(H,14,16). The predicted octanol–water partition coefficient (Wildman–Crippen LogP) is 1.35. The van der Waals surface area contributed by atoms with Crippen LogP contribution in [-0.2, 0) is 16.1 Å². The average molecular weight is 251 g/mol. The van der Waals surface area contributed by atoms with Crippen LogP contribution in [0.2, 0.25) is 5.02 Å². The molecule has 1 aliphatic heterocycles. The van der Waals surface area contributed by atoms with E-state index in [9.17, 15) is 9.59 Å². The van der Waals surface area contributed by atoms with Crippen molar-refractivity contribution in [3.63, 3.8) is 0 Å². The number of fused-ring (bicyclic) bond motifs is 1. The Bertz CT molecular complexity index is 503. The third-order valence-corrected chi connectivity index (χ3v) is 3.42. The van der Waals surface area contributed by atoms with Gasteiger partial charge < -0.3 is 0 Å². The molecule has 88 valence electrons. The lowest BCUT2D eigenvalue weighted by molar-refractivity contribution is -0.148. The molecule has 2 unspecified atom stereocenters. The fourth-order valence-electron chi connectivity index (χ4n) is 2.16. The van der Waals surface area contributed by atoms with Crippen LogP contribution < -0.4 is 5.43 Å². The number of carbonyl (C=O) groups excluding carboxylic acids is 2. The highest BCUT2D eigenvalue weighted by molar-refractivity contribution is 6.30. The summed E-state index contributed by atoms with van der Waals surface area (Å²) in [7, 11) is 0. The number of hydrogen-bond donors (Lipinski definition) is 1. The van der Waals surface area contributed by atoms with Crippen molar-refractivity contribution in [2.45, 2.75) is 13.0 Å². The summed E-state index contributed by atoms with van der Waals surface area (Å²) in [5, 5.41) is 2.02. The molecule has 2 aliphatic rings. The van der Waals surface area contributed by atoms with Crippen molar-refractivity contribution in [2.75, 3.05) is 0 Å². The fraction of sp³-hybridized carbons (Fsp3) is 0.333. The number of amides is 2. The number of benzene rings is 1. The van der Waals surface area contributed by atoms with Crippen LogP contribution in [0.3, 0.4) is 0 Å². The first-order valence-corrected chi connectivity index (χ1v) is 5.89. The molecule has 5 heteroatoms. The highest BCUT2D eigenvalue weighted by atomic mass is 35.5. The fourth-order valence-corrected chi connectivity index (χ4v) is 2.38. The first-order valence-electron chi connectivity index (χ1n) is 5.51. The molecule has 0 aromatic heterocycles. The minimum absolute atomic E-state index is 0.00887. The summed E-state index contributed by atoms with van der Waals surface area (Å²) in [6.07, 6.45) is 0.691. The number of nitrogens with one attached hydrogen (secondary N) is 1. The van der Waals surface area contributed by atoms with E-state index in [1.165, 1.54) is 5.01 Å². The van der Waals surface area contributed by atoms with Crippen molar-refractivity contribution in [3.8, 4) is 0 Å². The molecule has 17 heavy (non-hydrogen) atoms. The first-order chi connectivity index (χ1) is 8.15. The largest absolute Gasteiger partial charge is 0.273 e. The zero-order chi connectivity index (χ0) is 12.0. The highest BCUT2D eigenvalue weighted by Crippen LogP contribution is 2.42. The van der Waals surface area contributed by atoms with E-state index in [-0.39, 0.29) is 23.7 Å². The van der Waals surface area contributed by atoms with Crippen molar-refractivity contribution in [1.82, 2.24) is 10.4 Å². The monoisotopic (exact) mass is 250 g/mol. The average Bonchev–Trinajstić information content (AvgIpc) is 3.06. The zero-order valence-electron chi connectivity index (χ0n) is 9.02. The van der Waals surface area contributed by atoms with Gasteiger partial charge in [-0.15, -0.1) is 0 Å². The molecular formula is C12H11ClN2O2. The lowest BCUT2D eigenvalue weighted by atomic mass is 10.2. The summed E-state index contributed by atoms with van der Waals surface area (Å²) in [6.45, 7) is 0.369. The third kappa shape index (κ3) is 1.89. The Morgan fingerprint density at radius 3 is 2.94 bits per heavy atom. The Balaban J connectivity index is 1.76. The van der Waals surface area contributed by atoms with E-state index in [0.717, 1.165) is 5.56 Å². The maximum absolute atomic E-state index is 11.9. The minimum Gasteiger partial charge on any atom is -0.273 e. The van der Waals surface area contributed by atoms with Crippen molar-refractivity contribution in [1.29, 1.82) is 0 Å². The van der Waals surface area contributed by atoms with Gasteiger partial charge in [0, 0.05) is 5.02 Å². The Morgan fingerprint density at radius 2 is 2.18 bits per heavy atom. The molecule has 3 rings (SSSR count). The number of hydrogen-bond acceptors (Lipinski definition) is 2. The van der Waals surface area contributed by atoms with Crippen molar-refractivity contribution in [2.24, 2.45) is 11.8 Å². The number of nitrogens with zero attached hydrogens (tertiary/aromatic N) is 1. The van der Waals surface area contributed by atoms with Crippen LogP contribution in [0.5, 0.6) is 0 Å². The van der Waals surface area contributed by atoms with Gasteiger partial charge in [0.15, 0.2) is 0 Å². The number of rotatable bonds is 2. The van der Waals surface area contributed by atoms with Crippen LogP contribution in [0.1, 0.15) is 12.0 Å². The normalized spacial score (nSPS) is 26.5. The summed E-state index contributed by atoms with van der Waals surface area (Å²) in [5.41, 5.74) is 3.53. The molecule has 1 aliphatic carbocycles. The minimum atomic E-state index is -0.0945. The summed E-state index contributed by atoms with van der Waals surface area (Å²) < 4.78 is 0. The maximum Gasteiger partial charge on any atom is 0.245 e. The van der Waals surface area contributed by atoms with Gasteiger partial charge >= 0.3 is 0 Å². The van der Waals surface area contributed by atoms with Crippen molar-refractivity contribution >= 4 is 23.4 Å². The zero-order valence-corrected chi connectivity index (χ0v) is 9.78. The molecule has 1 heterocycles. The van der Waals surface area contributed by atoms with E-state index in [1.54, 1.807) is 12.1 Å². The lowest BCUT2D eigenvalue weighted by Crippen LogP contribution is -2.51.